The van der Waals surface area contributed by atoms with E-state index in [0.717, 1.165) is 10.9 Å². The number of aromatic nitrogens is 4. The highest BCUT2D eigenvalue weighted by molar-refractivity contribution is 6.33. The molecule has 1 heterocycles. The van der Waals surface area contributed by atoms with Gasteiger partial charge in [-0.3, -0.25) is 9.59 Å². The molecule has 0 aliphatic heterocycles. The molecule has 8 nitrogen and oxygen atoms in total. The van der Waals surface area contributed by atoms with Crippen molar-refractivity contribution in [2.24, 2.45) is 5.73 Å². The second-order valence-corrected chi connectivity index (χ2v) is 5.66. The van der Waals surface area contributed by atoms with Gasteiger partial charge in [-0.25, -0.2) is 4.39 Å². The zero-order chi connectivity index (χ0) is 18.7. The Morgan fingerprint density at radius 1 is 1.19 bits per heavy atom. The van der Waals surface area contributed by atoms with Gasteiger partial charge >= 0.3 is 0 Å². The van der Waals surface area contributed by atoms with E-state index in [2.05, 4.69) is 20.7 Å². The summed E-state index contributed by atoms with van der Waals surface area (Å²) in [5, 5.41) is 14.4. The van der Waals surface area contributed by atoms with E-state index in [-0.39, 0.29) is 23.1 Å². The zero-order valence-electron chi connectivity index (χ0n) is 13.2. The first kappa shape index (κ1) is 17.5. The summed E-state index contributed by atoms with van der Waals surface area (Å²) in [6.45, 7) is -0.208. The van der Waals surface area contributed by atoms with Gasteiger partial charge in [0.2, 0.25) is 17.6 Å². The van der Waals surface area contributed by atoms with Crippen molar-refractivity contribution < 1.29 is 14.0 Å². The molecule has 0 saturated carbocycles. The molecular weight excluding hydrogens is 363 g/mol. The molecule has 2 amide bonds. The summed E-state index contributed by atoms with van der Waals surface area (Å²) < 4.78 is 13.0. The van der Waals surface area contributed by atoms with Gasteiger partial charge in [0.25, 0.3) is 0 Å². The van der Waals surface area contributed by atoms with Crippen molar-refractivity contribution in [3.8, 4) is 11.4 Å². The minimum Gasteiger partial charge on any atom is -0.366 e. The van der Waals surface area contributed by atoms with Crippen LogP contribution in [-0.4, -0.2) is 32.0 Å². The maximum absolute atomic E-state index is 13.0. The number of rotatable bonds is 5. The van der Waals surface area contributed by atoms with E-state index in [4.69, 9.17) is 17.3 Å². The largest absolute Gasteiger partial charge is 0.366 e. The first-order valence-electron chi connectivity index (χ1n) is 7.35. The number of amides is 2. The van der Waals surface area contributed by atoms with Crippen LogP contribution in [0.5, 0.6) is 0 Å². The number of hydrogen-bond acceptors (Lipinski definition) is 5. The molecule has 0 unspecified atom stereocenters. The highest BCUT2D eigenvalue weighted by Crippen LogP contribution is 2.22. The molecule has 0 saturated heterocycles. The first-order chi connectivity index (χ1) is 12.4. The van der Waals surface area contributed by atoms with E-state index in [0.29, 0.717) is 11.1 Å². The van der Waals surface area contributed by atoms with Crippen LogP contribution in [0.1, 0.15) is 10.4 Å². The highest BCUT2D eigenvalue weighted by atomic mass is 35.5. The summed E-state index contributed by atoms with van der Waals surface area (Å²) in [5.74, 6) is -1.21. The molecule has 26 heavy (non-hydrogen) atoms. The van der Waals surface area contributed by atoms with Gasteiger partial charge in [0.15, 0.2) is 0 Å². The molecule has 3 aromatic rings. The quantitative estimate of drug-likeness (QED) is 0.707. The van der Waals surface area contributed by atoms with Gasteiger partial charge in [0.05, 0.1) is 10.7 Å². The molecule has 0 fully saturated rings. The van der Waals surface area contributed by atoms with Gasteiger partial charge in [-0.15, -0.1) is 10.2 Å². The third kappa shape index (κ3) is 4.01. The minimum atomic E-state index is -0.538. The Bertz CT molecular complexity index is 973. The van der Waals surface area contributed by atoms with Crippen LogP contribution in [0.15, 0.2) is 42.5 Å². The Balaban J connectivity index is 1.67. The van der Waals surface area contributed by atoms with Gasteiger partial charge in [-0.2, -0.15) is 4.80 Å². The number of benzene rings is 2. The average molecular weight is 375 g/mol. The molecule has 0 aliphatic rings. The molecule has 0 aliphatic carbocycles. The summed E-state index contributed by atoms with van der Waals surface area (Å²) in [7, 11) is 0. The highest BCUT2D eigenvalue weighted by Gasteiger charge is 2.12. The van der Waals surface area contributed by atoms with E-state index >= 15 is 0 Å². The van der Waals surface area contributed by atoms with Crippen molar-refractivity contribution in [2.75, 3.05) is 5.32 Å². The van der Waals surface area contributed by atoms with Gasteiger partial charge in [-0.05, 0) is 35.5 Å². The number of nitrogens with two attached hydrogens (primary N) is 1. The Morgan fingerprint density at radius 3 is 2.58 bits per heavy atom. The Hall–Kier alpha value is -3.33. The topological polar surface area (TPSA) is 116 Å². The van der Waals surface area contributed by atoms with E-state index in [1.54, 1.807) is 24.3 Å². The van der Waals surface area contributed by atoms with Crippen LogP contribution in [0.4, 0.5) is 10.1 Å². The molecule has 2 aromatic carbocycles. The number of anilines is 1. The number of tetrazole rings is 1. The minimum absolute atomic E-state index is 0.0835. The van der Waals surface area contributed by atoms with E-state index in [1.807, 2.05) is 0 Å². The number of carbonyl (C=O) groups excluding carboxylic acids is 2. The van der Waals surface area contributed by atoms with E-state index < -0.39 is 17.6 Å². The normalized spacial score (nSPS) is 10.5. The Labute approximate surface area is 151 Å². The summed E-state index contributed by atoms with van der Waals surface area (Å²) in [4.78, 5) is 24.2. The molecule has 0 atom stereocenters. The molecule has 0 bridgehead atoms. The van der Waals surface area contributed by atoms with E-state index in [9.17, 15) is 14.0 Å². The molecular formula is C16H12ClFN6O2. The predicted molar refractivity (Wildman–Crippen MR) is 91.8 cm³/mol. The maximum atomic E-state index is 13.0. The second-order valence-electron chi connectivity index (χ2n) is 5.26. The molecule has 132 valence electrons. The Morgan fingerprint density at radius 2 is 1.92 bits per heavy atom. The predicted octanol–water partition coefficient (Wildman–Crippen LogP) is 1.87. The van der Waals surface area contributed by atoms with E-state index in [1.165, 1.54) is 12.1 Å². The average Bonchev–Trinajstić information content (AvgIpc) is 3.06. The van der Waals surface area contributed by atoms with Crippen LogP contribution in [0, 0.1) is 5.82 Å². The van der Waals surface area contributed by atoms with Gasteiger partial charge in [0, 0.05) is 11.1 Å². The van der Waals surface area contributed by atoms with Crippen LogP contribution in [0.3, 0.4) is 0 Å². The van der Waals surface area contributed by atoms with Gasteiger partial charge in [-0.1, -0.05) is 23.7 Å². The van der Waals surface area contributed by atoms with Crippen molar-refractivity contribution in [1.29, 1.82) is 0 Å². The summed E-state index contributed by atoms with van der Waals surface area (Å²) in [6, 6.07) is 9.97. The van der Waals surface area contributed by atoms with Crippen LogP contribution >= 0.6 is 11.6 Å². The molecule has 0 radical (unpaired) electrons. The Kier molecular flexibility index (Phi) is 4.90. The van der Waals surface area contributed by atoms with Crippen molar-refractivity contribution in [1.82, 2.24) is 20.2 Å². The number of primary amides is 1. The second kappa shape index (κ2) is 7.28. The molecule has 3 rings (SSSR count). The first-order valence-corrected chi connectivity index (χ1v) is 7.73. The van der Waals surface area contributed by atoms with Crippen molar-refractivity contribution in [2.45, 2.75) is 6.54 Å². The lowest BCUT2D eigenvalue weighted by Crippen LogP contribution is -2.20. The summed E-state index contributed by atoms with van der Waals surface area (Å²) in [6.07, 6.45) is 0. The van der Waals surface area contributed by atoms with Crippen LogP contribution in [-0.2, 0) is 11.3 Å². The van der Waals surface area contributed by atoms with Crippen molar-refractivity contribution in [3.63, 3.8) is 0 Å². The van der Waals surface area contributed by atoms with Crippen molar-refractivity contribution >= 4 is 29.1 Å². The number of nitrogens with one attached hydrogen (secondary N) is 1. The monoisotopic (exact) mass is 374 g/mol. The molecule has 3 N–H and O–H groups in total. The fourth-order valence-corrected chi connectivity index (χ4v) is 2.33. The zero-order valence-corrected chi connectivity index (χ0v) is 13.9. The number of halogens is 2. The fourth-order valence-electron chi connectivity index (χ4n) is 2.12. The third-order valence-corrected chi connectivity index (χ3v) is 3.68. The number of hydrogen-bond donors (Lipinski definition) is 2. The summed E-state index contributed by atoms with van der Waals surface area (Å²) >= 11 is 5.86. The lowest BCUT2D eigenvalue weighted by Gasteiger charge is -2.06. The van der Waals surface area contributed by atoms with Gasteiger partial charge < -0.3 is 11.1 Å². The smallest absolute Gasteiger partial charge is 0.248 e. The SMILES string of the molecule is NC(=O)c1ccc(-c2nnn(CC(=O)Nc3ccc(F)cc3Cl)n2)cc1. The summed E-state index contributed by atoms with van der Waals surface area (Å²) in [5.41, 5.74) is 6.43. The molecule has 1 aromatic heterocycles. The number of nitrogens with zero attached hydrogens (tertiary/aromatic N) is 4. The number of carbonyl (C=O) groups is 2. The maximum Gasteiger partial charge on any atom is 0.248 e. The lowest BCUT2D eigenvalue weighted by atomic mass is 10.1. The molecule has 10 heteroatoms. The lowest BCUT2D eigenvalue weighted by molar-refractivity contribution is -0.117. The van der Waals surface area contributed by atoms with Crippen LogP contribution in [0.2, 0.25) is 5.02 Å². The third-order valence-electron chi connectivity index (χ3n) is 3.37. The standard InChI is InChI=1S/C16H12ClFN6O2/c17-12-7-11(18)5-6-13(12)20-14(25)8-24-22-16(21-23-24)10-3-1-9(2-4-10)15(19)26/h1-7H,8H2,(H2,19,26)(H,20,25). The fraction of sp³-hybridized carbons (Fsp3) is 0.0625. The van der Waals surface area contributed by atoms with Crippen molar-refractivity contribution in [3.05, 3.63) is 58.9 Å². The van der Waals surface area contributed by atoms with Crippen LogP contribution in [0.25, 0.3) is 11.4 Å². The van der Waals surface area contributed by atoms with Crippen LogP contribution < -0.4 is 11.1 Å². The van der Waals surface area contributed by atoms with Gasteiger partial charge in [0.1, 0.15) is 12.4 Å². The molecule has 0 spiro atoms.